The summed E-state index contributed by atoms with van der Waals surface area (Å²) in [5.74, 6) is 0.551. The van der Waals surface area contributed by atoms with Gasteiger partial charge in [-0.2, -0.15) is 5.26 Å². The number of rotatable bonds is 6. The molecule has 0 unspecified atom stereocenters. The number of aromatic nitrogens is 1. The third-order valence-electron chi connectivity index (χ3n) is 4.35. The molecule has 0 bridgehead atoms. The predicted octanol–water partition coefficient (Wildman–Crippen LogP) is 5.61. The number of nitriles is 1. The van der Waals surface area contributed by atoms with E-state index in [1.54, 1.807) is 12.3 Å². The maximum atomic E-state index is 12.4. The SMILES string of the molecule is N#Cc1c(-c2ccco2)cc(-c2ccccc2)nc1SCC(=O)Nc1ccccc1. The van der Waals surface area contributed by atoms with Crippen LogP contribution in [0.4, 0.5) is 5.69 Å². The molecule has 6 heteroatoms. The van der Waals surface area contributed by atoms with Crippen molar-refractivity contribution in [2.75, 3.05) is 11.1 Å². The van der Waals surface area contributed by atoms with E-state index < -0.39 is 0 Å². The summed E-state index contributed by atoms with van der Waals surface area (Å²) in [6, 6.07) is 26.6. The number of thioether (sulfide) groups is 1. The molecule has 0 atom stereocenters. The van der Waals surface area contributed by atoms with Gasteiger partial charge in [-0.1, -0.05) is 60.3 Å². The molecule has 2 aromatic heterocycles. The Morgan fingerprint density at radius 3 is 2.43 bits per heavy atom. The van der Waals surface area contributed by atoms with Crippen molar-refractivity contribution in [1.29, 1.82) is 5.26 Å². The van der Waals surface area contributed by atoms with Crippen molar-refractivity contribution in [2.45, 2.75) is 5.03 Å². The van der Waals surface area contributed by atoms with Crippen LogP contribution in [0, 0.1) is 11.3 Å². The number of amides is 1. The van der Waals surface area contributed by atoms with E-state index in [0.717, 1.165) is 11.3 Å². The maximum absolute atomic E-state index is 12.4. The molecular weight excluding hydrogens is 394 g/mol. The quantitative estimate of drug-likeness (QED) is 0.417. The van der Waals surface area contributed by atoms with Gasteiger partial charge in [0.1, 0.15) is 16.9 Å². The summed E-state index contributed by atoms with van der Waals surface area (Å²) in [5.41, 5.74) is 3.41. The molecule has 146 valence electrons. The highest BCUT2D eigenvalue weighted by Crippen LogP contribution is 2.34. The number of carbonyl (C=O) groups excluding carboxylic acids is 1. The molecule has 2 heterocycles. The summed E-state index contributed by atoms with van der Waals surface area (Å²) in [6.45, 7) is 0. The predicted molar refractivity (Wildman–Crippen MR) is 118 cm³/mol. The van der Waals surface area contributed by atoms with Gasteiger partial charge < -0.3 is 9.73 Å². The summed E-state index contributed by atoms with van der Waals surface area (Å²) in [6.07, 6.45) is 1.57. The number of nitrogens with zero attached hydrogens (tertiary/aromatic N) is 2. The Bertz CT molecular complexity index is 1180. The third-order valence-corrected chi connectivity index (χ3v) is 5.33. The summed E-state index contributed by atoms with van der Waals surface area (Å²) in [7, 11) is 0. The van der Waals surface area contributed by atoms with Crippen molar-refractivity contribution >= 4 is 23.4 Å². The summed E-state index contributed by atoms with van der Waals surface area (Å²) >= 11 is 1.23. The van der Waals surface area contributed by atoms with Crippen LogP contribution in [-0.2, 0) is 4.79 Å². The van der Waals surface area contributed by atoms with Gasteiger partial charge in [0.2, 0.25) is 5.91 Å². The second-order valence-electron chi connectivity index (χ2n) is 6.39. The molecular formula is C24H17N3O2S. The van der Waals surface area contributed by atoms with E-state index >= 15 is 0 Å². The van der Waals surface area contributed by atoms with Crippen molar-refractivity contribution in [3.8, 4) is 28.7 Å². The van der Waals surface area contributed by atoms with Gasteiger partial charge in [0.25, 0.3) is 0 Å². The van der Waals surface area contributed by atoms with Crippen LogP contribution in [0.15, 0.2) is 94.6 Å². The summed E-state index contributed by atoms with van der Waals surface area (Å²) in [4.78, 5) is 17.1. The Balaban J connectivity index is 1.66. The normalized spacial score (nSPS) is 10.4. The zero-order valence-electron chi connectivity index (χ0n) is 15.9. The fourth-order valence-corrected chi connectivity index (χ4v) is 3.77. The van der Waals surface area contributed by atoms with Gasteiger partial charge in [-0.3, -0.25) is 4.79 Å². The average Bonchev–Trinajstić information content (AvgIpc) is 3.33. The Labute approximate surface area is 178 Å². The second-order valence-corrected chi connectivity index (χ2v) is 7.36. The highest BCUT2D eigenvalue weighted by atomic mass is 32.2. The second kappa shape index (κ2) is 9.12. The zero-order valence-corrected chi connectivity index (χ0v) is 16.7. The minimum Gasteiger partial charge on any atom is -0.464 e. The van der Waals surface area contributed by atoms with Gasteiger partial charge in [-0.15, -0.1) is 0 Å². The molecule has 5 nitrogen and oxygen atoms in total. The Morgan fingerprint density at radius 2 is 1.77 bits per heavy atom. The molecule has 30 heavy (non-hydrogen) atoms. The van der Waals surface area contributed by atoms with Gasteiger partial charge in [-0.25, -0.2) is 4.98 Å². The largest absolute Gasteiger partial charge is 0.464 e. The van der Waals surface area contributed by atoms with Crippen LogP contribution < -0.4 is 5.32 Å². The van der Waals surface area contributed by atoms with E-state index in [9.17, 15) is 10.1 Å². The van der Waals surface area contributed by atoms with Crippen molar-refractivity contribution in [3.63, 3.8) is 0 Å². The van der Waals surface area contributed by atoms with E-state index in [2.05, 4.69) is 16.4 Å². The molecule has 4 rings (SSSR count). The molecule has 1 N–H and O–H groups in total. The number of pyridine rings is 1. The van der Waals surface area contributed by atoms with E-state index in [4.69, 9.17) is 4.42 Å². The van der Waals surface area contributed by atoms with Gasteiger partial charge in [0, 0.05) is 16.8 Å². The lowest BCUT2D eigenvalue weighted by Crippen LogP contribution is -2.14. The minimum absolute atomic E-state index is 0.131. The van der Waals surface area contributed by atoms with Gasteiger partial charge in [0.15, 0.2) is 0 Å². The van der Waals surface area contributed by atoms with Crippen LogP contribution in [-0.4, -0.2) is 16.6 Å². The smallest absolute Gasteiger partial charge is 0.234 e. The number of anilines is 1. The Hall–Kier alpha value is -3.82. The van der Waals surface area contributed by atoms with Crippen molar-refractivity contribution in [2.24, 2.45) is 0 Å². The number of nitrogens with one attached hydrogen (secondary N) is 1. The lowest BCUT2D eigenvalue weighted by atomic mass is 10.0. The van der Waals surface area contributed by atoms with Crippen molar-refractivity contribution < 1.29 is 9.21 Å². The molecule has 0 saturated heterocycles. The third kappa shape index (κ3) is 4.43. The Kier molecular flexibility index (Phi) is 5.93. The first-order chi connectivity index (χ1) is 14.7. The van der Waals surface area contributed by atoms with Gasteiger partial charge >= 0.3 is 0 Å². The minimum atomic E-state index is -0.165. The van der Waals surface area contributed by atoms with E-state index in [1.807, 2.05) is 72.8 Å². The fraction of sp³-hybridized carbons (Fsp3) is 0.0417. The number of para-hydroxylation sites is 1. The molecule has 0 saturated carbocycles. The first kappa shape index (κ1) is 19.5. The first-order valence-corrected chi connectivity index (χ1v) is 10.3. The average molecular weight is 411 g/mol. The molecule has 0 fully saturated rings. The van der Waals surface area contributed by atoms with Gasteiger partial charge in [-0.05, 0) is 30.3 Å². The summed E-state index contributed by atoms with van der Waals surface area (Å²) in [5, 5.41) is 13.2. The molecule has 0 radical (unpaired) electrons. The molecule has 0 aliphatic carbocycles. The van der Waals surface area contributed by atoms with Crippen molar-refractivity contribution in [3.05, 3.63) is 90.7 Å². The van der Waals surface area contributed by atoms with Crippen LogP contribution in [0.3, 0.4) is 0 Å². The van der Waals surface area contributed by atoms with Gasteiger partial charge in [0.05, 0.1) is 23.3 Å². The number of hydrogen-bond acceptors (Lipinski definition) is 5. The number of benzene rings is 2. The van der Waals surface area contributed by atoms with E-state index in [1.165, 1.54) is 11.8 Å². The lowest BCUT2D eigenvalue weighted by molar-refractivity contribution is -0.113. The molecule has 0 aliphatic rings. The Morgan fingerprint density at radius 1 is 1.03 bits per heavy atom. The molecule has 4 aromatic rings. The number of hydrogen-bond donors (Lipinski definition) is 1. The molecule has 0 aliphatic heterocycles. The van der Waals surface area contributed by atoms with E-state index in [-0.39, 0.29) is 11.7 Å². The molecule has 1 amide bonds. The molecule has 2 aromatic carbocycles. The van der Waals surface area contributed by atoms with Crippen LogP contribution in [0.2, 0.25) is 0 Å². The monoisotopic (exact) mass is 411 g/mol. The highest BCUT2D eigenvalue weighted by molar-refractivity contribution is 8.00. The molecule has 0 spiro atoms. The fourth-order valence-electron chi connectivity index (χ4n) is 2.97. The topological polar surface area (TPSA) is 78.9 Å². The number of furan rings is 1. The van der Waals surface area contributed by atoms with Crippen LogP contribution in [0.25, 0.3) is 22.6 Å². The van der Waals surface area contributed by atoms with E-state index in [0.29, 0.717) is 27.6 Å². The number of carbonyl (C=O) groups is 1. The van der Waals surface area contributed by atoms with Crippen LogP contribution in [0.5, 0.6) is 0 Å². The maximum Gasteiger partial charge on any atom is 0.234 e. The first-order valence-electron chi connectivity index (χ1n) is 9.27. The lowest BCUT2D eigenvalue weighted by Gasteiger charge is -2.11. The standard InChI is InChI=1S/C24H17N3O2S/c25-15-20-19(22-12-7-13-29-22)14-21(17-8-3-1-4-9-17)27-24(20)30-16-23(28)26-18-10-5-2-6-11-18/h1-14H,16H2,(H,26,28). The zero-order chi connectivity index (χ0) is 20.8. The summed E-state index contributed by atoms with van der Waals surface area (Å²) < 4.78 is 5.55. The van der Waals surface area contributed by atoms with Crippen LogP contribution >= 0.6 is 11.8 Å². The highest BCUT2D eigenvalue weighted by Gasteiger charge is 2.18. The van der Waals surface area contributed by atoms with Crippen LogP contribution in [0.1, 0.15) is 5.56 Å². The van der Waals surface area contributed by atoms with Crippen molar-refractivity contribution in [1.82, 2.24) is 4.98 Å².